The normalized spacial score (nSPS) is 11.1. The zero-order valence-electron chi connectivity index (χ0n) is 13.4. The van der Waals surface area contributed by atoms with Crippen LogP contribution in [0.5, 0.6) is 0 Å². The largest absolute Gasteiger partial charge is 0.355 e. The number of pyridine rings is 1. The van der Waals surface area contributed by atoms with Gasteiger partial charge in [-0.1, -0.05) is 12.1 Å². The number of H-pyrrole nitrogens is 1. The summed E-state index contributed by atoms with van der Waals surface area (Å²) >= 11 is 0. The molecule has 1 heterocycles. The van der Waals surface area contributed by atoms with Crippen LogP contribution < -0.4 is 10.9 Å². The van der Waals surface area contributed by atoms with E-state index < -0.39 is 0 Å². The van der Waals surface area contributed by atoms with Gasteiger partial charge in [-0.25, -0.2) is 0 Å². The predicted molar refractivity (Wildman–Crippen MR) is 89.2 cm³/mol. The summed E-state index contributed by atoms with van der Waals surface area (Å²) in [6, 6.07) is 7.82. The summed E-state index contributed by atoms with van der Waals surface area (Å²) in [6.45, 7) is 3.29. The van der Waals surface area contributed by atoms with E-state index in [4.69, 9.17) is 0 Å². The van der Waals surface area contributed by atoms with Crippen molar-refractivity contribution in [2.75, 3.05) is 27.2 Å². The molecule has 5 nitrogen and oxygen atoms in total. The van der Waals surface area contributed by atoms with Gasteiger partial charge >= 0.3 is 0 Å². The van der Waals surface area contributed by atoms with Gasteiger partial charge < -0.3 is 15.2 Å². The van der Waals surface area contributed by atoms with Crippen LogP contribution in [0.15, 0.2) is 29.1 Å². The smallest absolute Gasteiger partial charge is 0.251 e. The summed E-state index contributed by atoms with van der Waals surface area (Å²) in [7, 11) is 3.95. The van der Waals surface area contributed by atoms with Crippen LogP contribution in [0.25, 0.3) is 10.9 Å². The van der Waals surface area contributed by atoms with Crippen molar-refractivity contribution in [3.05, 3.63) is 45.7 Å². The average molecular weight is 301 g/mol. The molecule has 0 aliphatic rings. The molecule has 0 unspecified atom stereocenters. The Balaban J connectivity index is 1.96. The van der Waals surface area contributed by atoms with Crippen molar-refractivity contribution in [1.82, 2.24) is 15.2 Å². The molecule has 1 aromatic carbocycles. The zero-order valence-corrected chi connectivity index (χ0v) is 13.4. The third-order valence-electron chi connectivity index (χ3n) is 3.62. The Labute approximate surface area is 130 Å². The second-order valence-corrected chi connectivity index (χ2v) is 5.86. The third-order valence-corrected chi connectivity index (χ3v) is 3.62. The van der Waals surface area contributed by atoms with Crippen LogP contribution in [0.1, 0.15) is 17.5 Å². The minimum absolute atomic E-state index is 0.0550. The molecule has 0 spiro atoms. The number of nitrogens with one attached hydrogen (secondary N) is 2. The quantitative estimate of drug-likeness (QED) is 0.848. The number of hydrogen-bond donors (Lipinski definition) is 2. The molecular weight excluding hydrogens is 278 g/mol. The molecule has 0 aliphatic carbocycles. The van der Waals surface area contributed by atoms with E-state index >= 15 is 0 Å². The second kappa shape index (κ2) is 7.22. The molecule has 1 aromatic heterocycles. The molecule has 118 valence electrons. The highest BCUT2D eigenvalue weighted by atomic mass is 16.1. The fourth-order valence-electron chi connectivity index (χ4n) is 2.28. The summed E-state index contributed by atoms with van der Waals surface area (Å²) in [4.78, 5) is 28.3. The van der Waals surface area contributed by atoms with Crippen LogP contribution in [0.2, 0.25) is 0 Å². The van der Waals surface area contributed by atoms with Crippen molar-refractivity contribution >= 4 is 16.8 Å². The molecule has 0 saturated carbocycles. The standard InChI is InChI=1S/C17H23N3O2/c1-12-10-14-6-4-13(11-15(14)19-17(12)22)5-7-16(21)18-8-9-20(2)3/h4,6,10-11H,5,7-9H2,1-3H3,(H,18,21)(H,19,22). The lowest BCUT2D eigenvalue weighted by atomic mass is 10.1. The van der Waals surface area contributed by atoms with Gasteiger partial charge in [-0.2, -0.15) is 0 Å². The molecule has 2 rings (SSSR count). The number of hydrogen-bond acceptors (Lipinski definition) is 3. The van der Waals surface area contributed by atoms with E-state index in [-0.39, 0.29) is 11.5 Å². The first kappa shape index (κ1) is 16.2. The Morgan fingerprint density at radius 1 is 1.27 bits per heavy atom. The number of aromatic amines is 1. The van der Waals surface area contributed by atoms with Gasteiger partial charge in [-0.05, 0) is 50.5 Å². The van der Waals surface area contributed by atoms with Gasteiger partial charge in [0.2, 0.25) is 5.91 Å². The van der Waals surface area contributed by atoms with Crippen LogP contribution in [0, 0.1) is 6.92 Å². The predicted octanol–water partition coefficient (Wildman–Crippen LogP) is 1.45. The Hall–Kier alpha value is -2.14. The van der Waals surface area contributed by atoms with Crippen molar-refractivity contribution in [3.63, 3.8) is 0 Å². The Morgan fingerprint density at radius 2 is 2.05 bits per heavy atom. The van der Waals surface area contributed by atoms with Crippen LogP contribution in [-0.4, -0.2) is 43.0 Å². The van der Waals surface area contributed by atoms with Gasteiger partial charge in [0, 0.05) is 30.6 Å². The van der Waals surface area contributed by atoms with Crippen LogP contribution in [0.3, 0.4) is 0 Å². The lowest BCUT2D eigenvalue weighted by molar-refractivity contribution is -0.121. The first-order valence-electron chi connectivity index (χ1n) is 7.49. The minimum Gasteiger partial charge on any atom is -0.355 e. The number of likely N-dealkylation sites (N-methyl/N-ethyl adjacent to an activating group) is 1. The Morgan fingerprint density at radius 3 is 2.77 bits per heavy atom. The van der Waals surface area contributed by atoms with E-state index in [1.807, 2.05) is 43.3 Å². The van der Waals surface area contributed by atoms with Crippen molar-refractivity contribution in [2.24, 2.45) is 0 Å². The number of benzene rings is 1. The molecule has 0 atom stereocenters. The third kappa shape index (κ3) is 4.43. The summed E-state index contributed by atoms with van der Waals surface area (Å²) < 4.78 is 0. The van der Waals surface area contributed by atoms with E-state index in [0.717, 1.165) is 23.0 Å². The molecule has 2 aromatic rings. The summed E-state index contributed by atoms with van der Waals surface area (Å²) in [5.41, 5.74) is 2.52. The van der Waals surface area contributed by atoms with Crippen molar-refractivity contribution in [3.8, 4) is 0 Å². The maximum Gasteiger partial charge on any atom is 0.251 e. The SMILES string of the molecule is Cc1cc2ccc(CCC(=O)NCCN(C)C)cc2[nH]c1=O. The first-order valence-corrected chi connectivity index (χ1v) is 7.49. The van der Waals surface area contributed by atoms with Crippen LogP contribution >= 0.6 is 0 Å². The summed E-state index contributed by atoms with van der Waals surface area (Å²) in [5.74, 6) is 0.0550. The maximum absolute atomic E-state index is 11.8. The van der Waals surface area contributed by atoms with E-state index in [0.29, 0.717) is 24.9 Å². The maximum atomic E-state index is 11.8. The van der Waals surface area contributed by atoms with Gasteiger partial charge in [0.05, 0.1) is 0 Å². The van der Waals surface area contributed by atoms with Crippen molar-refractivity contribution < 1.29 is 4.79 Å². The fraction of sp³-hybridized carbons (Fsp3) is 0.412. The van der Waals surface area contributed by atoms with Crippen molar-refractivity contribution in [1.29, 1.82) is 0 Å². The lowest BCUT2D eigenvalue weighted by Crippen LogP contribution is -2.31. The number of amides is 1. The van der Waals surface area contributed by atoms with E-state index in [2.05, 4.69) is 10.3 Å². The number of rotatable bonds is 6. The van der Waals surface area contributed by atoms with Crippen molar-refractivity contribution in [2.45, 2.75) is 19.8 Å². The molecule has 1 amide bonds. The molecule has 0 fully saturated rings. The second-order valence-electron chi connectivity index (χ2n) is 5.86. The molecule has 2 N–H and O–H groups in total. The van der Waals surface area contributed by atoms with E-state index in [9.17, 15) is 9.59 Å². The number of nitrogens with zero attached hydrogens (tertiary/aromatic N) is 1. The molecule has 0 bridgehead atoms. The molecular formula is C17H23N3O2. The van der Waals surface area contributed by atoms with E-state index in [1.165, 1.54) is 0 Å². The zero-order chi connectivity index (χ0) is 16.1. The van der Waals surface area contributed by atoms with Crippen LogP contribution in [-0.2, 0) is 11.2 Å². The van der Waals surface area contributed by atoms with E-state index in [1.54, 1.807) is 6.92 Å². The minimum atomic E-state index is -0.0638. The van der Waals surface area contributed by atoms with Gasteiger partial charge in [0.25, 0.3) is 5.56 Å². The van der Waals surface area contributed by atoms with Gasteiger partial charge in [0.15, 0.2) is 0 Å². The highest BCUT2D eigenvalue weighted by molar-refractivity contribution is 5.80. The molecule has 22 heavy (non-hydrogen) atoms. The molecule has 0 aliphatic heterocycles. The average Bonchev–Trinajstić information content (AvgIpc) is 2.46. The first-order chi connectivity index (χ1) is 10.5. The number of fused-ring (bicyclic) bond motifs is 1. The monoisotopic (exact) mass is 301 g/mol. The molecule has 0 saturated heterocycles. The van der Waals surface area contributed by atoms with Gasteiger partial charge in [-0.15, -0.1) is 0 Å². The Bertz CT molecular complexity index is 719. The lowest BCUT2D eigenvalue weighted by Gasteiger charge is -2.10. The number of carbonyl (C=O) groups excluding carboxylic acids is 1. The number of aromatic nitrogens is 1. The van der Waals surface area contributed by atoms with Crippen LogP contribution in [0.4, 0.5) is 0 Å². The molecule has 0 radical (unpaired) electrons. The highest BCUT2D eigenvalue weighted by Crippen LogP contribution is 2.14. The summed E-state index contributed by atoms with van der Waals surface area (Å²) in [6.07, 6.45) is 1.12. The Kier molecular flexibility index (Phi) is 5.33. The summed E-state index contributed by atoms with van der Waals surface area (Å²) in [5, 5.41) is 3.91. The number of aryl methyl sites for hydroxylation is 2. The van der Waals surface area contributed by atoms with Gasteiger partial charge in [-0.3, -0.25) is 9.59 Å². The highest BCUT2D eigenvalue weighted by Gasteiger charge is 2.04. The topological polar surface area (TPSA) is 65.2 Å². The molecule has 5 heteroatoms. The van der Waals surface area contributed by atoms with Gasteiger partial charge in [0.1, 0.15) is 0 Å². The number of carbonyl (C=O) groups is 1. The fourth-order valence-corrected chi connectivity index (χ4v) is 2.28.